The minimum absolute atomic E-state index is 0.0363. The van der Waals surface area contributed by atoms with Crippen LogP contribution >= 0.6 is 0 Å². The molecule has 1 amide bonds. The Kier molecular flexibility index (Phi) is 3.55. The lowest BCUT2D eigenvalue weighted by molar-refractivity contribution is -0.125. The lowest BCUT2D eigenvalue weighted by Crippen LogP contribution is -2.42. The highest BCUT2D eigenvalue weighted by molar-refractivity contribution is 5.79. The van der Waals surface area contributed by atoms with E-state index in [9.17, 15) is 4.79 Å². The van der Waals surface area contributed by atoms with Crippen LogP contribution in [0.5, 0.6) is 0 Å². The standard InChI is InChI=1S/C17H24N2O/c1-12(16(20)19-15-3-2-4-15)11-13-5-7-14(8-6-13)17(18)9-10-17/h5-8,12,15H,2-4,9-11,18H2,1H3,(H,19,20). The van der Waals surface area contributed by atoms with Crippen molar-refractivity contribution in [3.05, 3.63) is 35.4 Å². The summed E-state index contributed by atoms with van der Waals surface area (Å²) < 4.78 is 0. The lowest BCUT2D eigenvalue weighted by atomic mass is 9.91. The van der Waals surface area contributed by atoms with Crippen LogP contribution < -0.4 is 11.1 Å². The number of hydrogen-bond donors (Lipinski definition) is 2. The van der Waals surface area contributed by atoms with Crippen molar-refractivity contribution >= 4 is 5.91 Å². The Hall–Kier alpha value is -1.35. The smallest absolute Gasteiger partial charge is 0.223 e. The molecule has 20 heavy (non-hydrogen) atoms. The van der Waals surface area contributed by atoms with Crippen molar-refractivity contribution in [1.29, 1.82) is 0 Å². The third kappa shape index (κ3) is 2.88. The van der Waals surface area contributed by atoms with Gasteiger partial charge in [-0.15, -0.1) is 0 Å². The molecule has 2 aliphatic carbocycles. The van der Waals surface area contributed by atoms with E-state index in [4.69, 9.17) is 5.73 Å². The first kappa shape index (κ1) is 13.6. The molecule has 3 rings (SSSR count). The summed E-state index contributed by atoms with van der Waals surface area (Å²) in [5, 5.41) is 3.12. The Labute approximate surface area is 120 Å². The van der Waals surface area contributed by atoms with Crippen molar-refractivity contribution < 1.29 is 4.79 Å². The van der Waals surface area contributed by atoms with E-state index in [2.05, 4.69) is 29.6 Å². The van der Waals surface area contributed by atoms with Crippen LogP contribution in [0.2, 0.25) is 0 Å². The second-order valence-corrected chi connectivity index (χ2v) is 6.59. The molecule has 0 heterocycles. The molecule has 0 spiro atoms. The predicted molar refractivity (Wildman–Crippen MR) is 80.2 cm³/mol. The normalized spacial score (nSPS) is 21.9. The third-order valence-electron chi connectivity index (χ3n) is 4.76. The largest absolute Gasteiger partial charge is 0.353 e. The van der Waals surface area contributed by atoms with Crippen molar-refractivity contribution in [2.24, 2.45) is 11.7 Å². The summed E-state index contributed by atoms with van der Waals surface area (Å²) in [6.45, 7) is 2.01. The highest BCUT2D eigenvalue weighted by Gasteiger charge is 2.39. The SMILES string of the molecule is CC(Cc1ccc(C2(N)CC2)cc1)C(=O)NC1CCC1. The van der Waals surface area contributed by atoms with E-state index in [1.54, 1.807) is 0 Å². The fraction of sp³-hybridized carbons (Fsp3) is 0.588. The second kappa shape index (κ2) is 5.21. The summed E-state index contributed by atoms with van der Waals surface area (Å²) in [6.07, 6.45) is 6.52. The maximum absolute atomic E-state index is 12.1. The van der Waals surface area contributed by atoms with Gasteiger partial charge in [0.05, 0.1) is 0 Å². The summed E-state index contributed by atoms with van der Waals surface area (Å²) in [6, 6.07) is 8.92. The number of carbonyl (C=O) groups excluding carboxylic acids is 1. The topological polar surface area (TPSA) is 55.1 Å². The fourth-order valence-electron chi connectivity index (χ4n) is 2.74. The molecule has 3 nitrogen and oxygen atoms in total. The van der Waals surface area contributed by atoms with Gasteiger partial charge in [-0.1, -0.05) is 31.2 Å². The summed E-state index contributed by atoms with van der Waals surface area (Å²) in [5.74, 6) is 0.227. The van der Waals surface area contributed by atoms with Crippen molar-refractivity contribution in [2.45, 2.75) is 57.0 Å². The van der Waals surface area contributed by atoms with Gasteiger partial charge in [0, 0.05) is 17.5 Å². The van der Waals surface area contributed by atoms with E-state index in [1.807, 2.05) is 6.92 Å². The molecule has 1 atom stereocenters. The first-order valence-electron chi connectivity index (χ1n) is 7.75. The minimum Gasteiger partial charge on any atom is -0.353 e. The highest BCUT2D eigenvalue weighted by atomic mass is 16.1. The number of nitrogens with two attached hydrogens (primary N) is 1. The van der Waals surface area contributed by atoms with Gasteiger partial charge < -0.3 is 11.1 Å². The average molecular weight is 272 g/mol. The minimum atomic E-state index is -0.0637. The number of amides is 1. The number of hydrogen-bond acceptors (Lipinski definition) is 2. The van der Waals surface area contributed by atoms with Gasteiger partial charge in [0.25, 0.3) is 0 Å². The van der Waals surface area contributed by atoms with Crippen LogP contribution in [0.4, 0.5) is 0 Å². The van der Waals surface area contributed by atoms with Crippen LogP contribution in [0.25, 0.3) is 0 Å². The third-order valence-corrected chi connectivity index (χ3v) is 4.76. The summed E-state index contributed by atoms with van der Waals surface area (Å²) in [7, 11) is 0. The summed E-state index contributed by atoms with van der Waals surface area (Å²) >= 11 is 0. The first-order valence-corrected chi connectivity index (χ1v) is 7.75. The molecule has 1 aromatic rings. The zero-order valence-electron chi connectivity index (χ0n) is 12.2. The van der Waals surface area contributed by atoms with Gasteiger partial charge in [-0.25, -0.2) is 0 Å². The van der Waals surface area contributed by atoms with Crippen molar-refractivity contribution in [2.75, 3.05) is 0 Å². The van der Waals surface area contributed by atoms with E-state index in [0.717, 1.165) is 32.1 Å². The predicted octanol–water partition coefficient (Wildman–Crippen LogP) is 2.48. The number of carbonyl (C=O) groups is 1. The van der Waals surface area contributed by atoms with Gasteiger partial charge in [0.2, 0.25) is 5.91 Å². The molecule has 3 heteroatoms. The molecule has 0 bridgehead atoms. The molecular formula is C17H24N2O. The Morgan fingerprint density at radius 1 is 1.35 bits per heavy atom. The van der Waals surface area contributed by atoms with Crippen molar-refractivity contribution in [1.82, 2.24) is 5.32 Å². The second-order valence-electron chi connectivity index (χ2n) is 6.59. The van der Waals surface area contributed by atoms with Crippen LogP contribution in [0.1, 0.15) is 50.2 Å². The van der Waals surface area contributed by atoms with Gasteiger partial charge in [-0.05, 0) is 49.7 Å². The highest BCUT2D eigenvalue weighted by Crippen LogP contribution is 2.42. The van der Waals surface area contributed by atoms with E-state index in [1.165, 1.54) is 17.5 Å². The quantitative estimate of drug-likeness (QED) is 0.865. The molecule has 2 fully saturated rings. The molecular weight excluding hydrogens is 248 g/mol. The molecule has 1 unspecified atom stereocenters. The van der Waals surface area contributed by atoms with E-state index >= 15 is 0 Å². The van der Waals surface area contributed by atoms with Gasteiger partial charge >= 0.3 is 0 Å². The van der Waals surface area contributed by atoms with Crippen LogP contribution in [-0.4, -0.2) is 11.9 Å². The Bertz CT molecular complexity index is 486. The summed E-state index contributed by atoms with van der Waals surface area (Å²) in [5.41, 5.74) is 8.56. The van der Waals surface area contributed by atoms with Crippen LogP contribution in [0.3, 0.4) is 0 Å². The monoisotopic (exact) mass is 272 g/mol. The maximum Gasteiger partial charge on any atom is 0.223 e. The number of nitrogens with one attached hydrogen (secondary N) is 1. The van der Waals surface area contributed by atoms with Gasteiger partial charge in [0.15, 0.2) is 0 Å². The number of benzene rings is 1. The Morgan fingerprint density at radius 3 is 2.50 bits per heavy atom. The van der Waals surface area contributed by atoms with Gasteiger partial charge in [-0.3, -0.25) is 4.79 Å². The van der Waals surface area contributed by atoms with E-state index in [0.29, 0.717) is 6.04 Å². The van der Waals surface area contributed by atoms with E-state index < -0.39 is 0 Å². The molecule has 0 radical (unpaired) electrons. The van der Waals surface area contributed by atoms with E-state index in [-0.39, 0.29) is 17.4 Å². The maximum atomic E-state index is 12.1. The summed E-state index contributed by atoms with van der Waals surface area (Å²) in [4.78, 5) is 12.1. The van der Waals surface area contributed by atoms with Gasteiger partial charge in [0.1, 0.15) is 0 Å². The molecule has 0 aliphatic heterocycles. The average Bonchev–Trinajstić information content (AvgIpc) is 3.13. The molecule has 108 valence electrons. The van der Waals surface area contributed by atoms with Crippen LogP contribution in [0, 0.1) is 5.92 Å². The molecule has 2 aliphatic rings. The molecule has 3 N–H and O–H groups in total. The Morgan fingerprint density at radius 2 is 2.00 bits per heavy atom. The Balaban J connectivity index is 1.55. The van der Waals surface area contributed by atoms with Crippen LogP contribution in [-0.2, 0) is 16.8 Å². The molecule has 1 aromatic carbocycles. The molecule has 0 saturated heterocycles. The molecule has 0 aromatic heterocycles. The van der Waals surface area contributed by atoms with Crippen LogP contribution in [0.15, 0.2) is 24.3 Å². The van der Waals surface area contributed by atoms with Crippen molar-refractivity contribution in [3.8, 4) is 0 Å². The first-order chi connectivity index (χ1) is 9.57. The molecule has 2 saturated carbocycles. The number of rotatable bonds is 5. The lowest BCUT2D eigenvalue weighted by Gasteiger charge is -2.27. The zero-order valence-corrected chi connectivity index (χ0v) is 12.2. The fourth-order valence-corrected chi connectivity index (χ4v) is 2.74. The zero-order chi connectivity index (χ0) is 14.2. The van der Waals surface area contributed by atoms with Crippen molar-refractivity contribution in [3.63, 3.8) is 0 Å². The van der Waals surface area contributed by atoms with Gasteiger partial charge in [-0.2, -0.15) is 0 Å².